The van der Waals surface area contributed by atoms with Gasteiger partial charge < -0.3 is 10.3 Å². The lowest BCUT2D eigenvalue weighted by molar-refractivity contribution is 0.977. The van der Waals surface area contributed by atoms with Crippen LogP contribution < -0.4 is 5.32 Å². The van der Waals surface area contributed by atoms with Crippen molar-refractivity contribution in [2.45, 2.75) is 13.3 Å². The van der Waals surface area contributed by atoms with Crippen LogP contribution in [0.2, 0.25) is 0 Å². The van der Waals surface area contributed by atoms with Gasteiger partial charge in [-0.3, -0.25) is 0 Å². The number of aromatic amines is 1. The second kappa shape index (κ2) is 5.12. The average Bonchev–Trinajstić information content (AvgIpc) is 2.81. The maximum absolute atomic E-state index is 8.79. The van der Waals surface area contributed by atoms with Gasteiger partial charge in [0.05, 0.1) is 0 Å². The lowest BCUT2D eigenvalue weighted by Crippen LogP contribution is -2.07. The number of H-pyrrole nitrogens is 1. The molecule has 0 aliphatic carbocycles. The molecule has 2 aromatic heterocycles. The SMILES string of the molecule is Cc1nc(C#N)cc(NCCc2cc[nH]c2)n1. The molecule has 0 aliphatic heterocycles. The summed E-state index contributed by atoms with van der Waals surface area (Å²) >= 11 is 0. The van der Waals surface area contributed by atoms with Gasteiger partial charge in [-0.15, -0.1) is 0 Å². The van der Waals surface area contributed by atoms with Crippen molar-refractivity contribution in [1.82, 2.24) is 15.0 Å². The van der Waals surface area contributed by atoms with Crippen molar-refractivity contribution in [1.29, 1.82) is 5.26 Å². The highest BCUT2D eigenvalue weighted by molar-refractivity contribution is 5.39. The van der Waals surface area contributed by atoms with Crippen molar-refractivity contribution in [3.8, 4) is 6.07 Å². The highest BCUT2D eigenvalue weighted by Gasteiger charge is 2.00. The summed E-state index contributed by atoms with van der Waals surface area (Å²) in [5.74, 6) is 1.30. The molecule has 0 bridgehead atoms. The molecule has 5 heteroatoms. The van der Waals surface area contributed by atoms with Crippen LogP contribution in [0, 0.1) is 18.3 Å². The quantitative estimate of drug-likeness (QED) is 0.832. The third-order valence-corrected chi connectivity index (χ3v) is 2.33. The Balaban J connectivity index is 1.95. The Hall–Kier alpha value is -2.35. The molecule has 0 aliphatic rings. The molecular formula is C12H13N5. The molecule has 0 aromatic carbocycles. The number of hydrogen-bond acceptors (Lipinski definition) is 4. The van der Waals surface area contributed by atoms with E-state index < -0.39 is 0 Å². The Morgan fingerprint density at radius 1 is 1.47 bits per heavy atom. The summed E-state index contributed by atoms with van der Waals surface area (Å²) in [5, 5.41) is 12.0. The second-order valence-electron chi connectivity index (χ2n) is 3.69. The summed E-state index contributed by atoms with van der Waals surface area (Å²) in [6.45, 7) is 2.55. The van der Waals surface area contributed by atoms with Crippen molar-refractivity contribution < 1.29 is 0 Å². The molecular weight excluding hydrogens is 214 g/mol. The molecule has 0 saturated carbocycles. The number of nitriles is 1. The van der Waals surface area contributed by atoms with Gasteiger partial charge in [0.25, 0.3) is 0 Å². The molecule has 2 rings (SSSR count). The topological polar surface area (TPSA) is 77.4 Å². The average molecular weight is 227 g/mol. The van der Waals surface area contributed by atoms with E-state index in [-0.39, 0.29) is 0 Å². The number of aryl methyl sites for hydroxylation is 1. The fraction of sp³-hybridized carbons (Fsp3) is 0.250. The van der Waals surface area contributed by atoms with Crippen LogP contribution in [0.5, 0.6) is 0 Å². The van der Waals surface area contributed by atoms with Gasteiger partial charge in [0.2, 0.25) is 0 Å². The zero-order valence-electron chi connectivity index (χ0n) is 9.57. The molecule has 17 heavy (non-hydrogen) atoms. The molecule has 0 radical (unpaired) electrons. The van der Waals surface area contributed by atoms with E-state index in [9.17, 15) is 0 Å². The minimum Gasteiger partial charge on any atom is -0.370 e. The number of hydrogen-bond donors (Lipinski definition) is 2. The molecule has 0 fully saturated rings. The molecule has 0 spiro atoms. The van der Waals surface area contributed by atoms with E-state index in [2.05, 4.69) is 20.3 Å². The van der Waals surface area contributed by atoms with E-state index in [4.69, 9.17) is 5.26 Å². The second-order valence-corrected chi connectivity index (χ2v) is 3.69. The van der Waals surface area contributed by atoms with E-state index in [1.54, 1.807) is 13.0 Å². The van der Waals surface area contributed by atoms with Crippen molar-refractivity contribution >= 4 is 5.82 Å². The maximum atomic E-state index is 8.79. The zero-order valence-corrected chi connectivity index (χ0v) is 9.57. The normalized spacial score (nSPS) is 9.88. The highest BCUT2D eigenvalue weighted by Crippen LogP contribution is 2.06. The van der Waals surface area contributed by atoms with Gasteiger partial charge in [-0.2, -0.15) is 5.26 Å². The van der Waals surface area contributed by atoms with Gasteiger partial charge in [0.1, 0.15) is 23.4 Å². The van der Waals surface area contributed by atoms with Crippen LogP contribution in [0.4, 0.5) is 5.82 Å². The van der Waals surface area contributed by atoms with E-state index >= 15 is 0 Å². The number of anilines is 1. The zero-order chi connectivity index (χ0) is 12.1. The summed E-state index contributed by atoms with van der Waals surface area (Å²) in [5.41, 5.74) is 1.63. The molecule has 5 nitrogen and oxygen atoms in total. The first-order valence-corrected chi connectivity index (χ1v) is 5.39. The fourth-order valence-corrected chi connectivity index (χ4v) is 1.56. The number of aromatic nitrogens is 3. The minimum absolute atomic E-state index is 0.390. The van der Waals surface area contributed by atoms with E-state index in [1.165, 1.54) is 5.56 Å². The minimum atomic E-state index is 0.390. The Bertz CT molecular complexity index is 524. The Morgan fingerprint density at radius 3 is 3.06 bits per heavy atom. The van der Waals surface area contributed by atoms with Crippen LogP contribution in [0.3, 0.4) is 0 Å². The van der Waals surface area contributed by atoms with Crippen LogP contribution >= 0.6 is 0 Å². The molecule has 2 heterocycles. The first-order chi connectivity index (χ1) is 8.28. The van der Waals surface area contributed by atoms with E-state index in [1.807, 2.05) is 24.5 Å². The van der Waals surface area contributed by atoms with Crippen molar-refractivity contribution in [3.05, 3.63) is 41.6 Å². The van der Waals surface area contributed by atoms with Gasteiger partial charge in [0.15, 0.2) is 0 Å². The van der Waals surface area contributed by atoms with Gasteiger partial charge in [0, 0.05) is 25.0 Å². The fourth-order valence-electron chi connectivity index (χ4n) is 1.56. The van der Waals surface area contributed by atoms with Gasteiger partial charge in [-0.05, 0) is 25.0 Å². The number of nitrogens with one attached hydrogen (secondary N) is 2. The third kappa shape index (κ3) is 3.05. The monoisotopic (exact) mass is 227 g/mol. The summed E-state index contributed by atoms with van der Waals surface area (Å²) in [6.07, 6.45) is 4.78. The first-order valence-electron chi connectivity index (χ1n) is 5.39. The Kier molecular flexibility index (Phi) is 3.36. The molecule has 2 N–H and O–H groups in total. The summed E-state index contributed by atoms with van der Waals surface area (Å²) in [4.78, 5) is 11.2. The predicted molar refractivity (Wildman–Crippen MR) is 64.5 cm³/mol. The van der Waals surface area contributed by atoms with E-state index in [0.717, 1.165) is 13.0 Å². The summed E-state index contributed by atoms with van der Waals surface area (Å²) < 4.78 is 0. The smallest absolute Gasteiger partial charge is 0.146 e. The maximum Gasteiger partial charge on any atom is 0.146 e. The van der Waals surface area contributed by atoms with Gasteiger partial charge >= 0.3 is 0 Å². The van der Waals surface area contributed by atoms with Crippen molar-refractivity contribution in [3.63, 3.8) is 0 Å². The third-order valence-electron chi connectivity index (χ3n) is 2.33. The predicted octanol–water partition coefficient (Wildman–Crippen LogP) is 1.64. The molecule has 0 saturated heterocycles. The van der Waals surface area contributed by atoms with Crippen molar-refractivity contribution in [2.75, 3.05) is 11.9 Å². The van der Waals surface area contributed by atoms with Gasteiger partial charge in [-0.1, -0.05) is 0 Å². The Morgan fingerprint density at radius 2 is 2.35 bits per heavy atom. The largest absolute Gasteiger partial charge is 0.370 e. The highest BCUT2D eigenvalue weighted by atomic mass is 15.0. The lowest BCUT2D eigenvalue weighted by Gasteiger charge is -2.05. The summed E-state index contributed by atoms with van der Waals surface area (Å²) in [7, 11) is 0. The lowest BCUT2D eigenvalue weighted by atomic mass is 10.2. The van der Waals surface area contributed by atoms with Crippen LogP contribution in [0.1, 0.15) is 17.1 Å². The van der Waals surface area contributed by atoms with Crippen LogP contribution in [0.15, 0.2) is 24.5 Å². The van der Waals surface area contributed by atoms with Crippen LogP contribution in [-0.4, -0.2) is 21.5 Å². The molecule has 0 amide bonds. The van der Waals surface area contributed by atoms with Crippen molar-refractivity contribution in [2.24, 2.45) is 0 Å². The van der Waals surface area contributed by atoms with Crippen LogP contribution in [-0.2, 0) is 6.42 Å². The number of nitrogens with zero attached hydrogens (tertiary/aromatic N) is 3. The standard InChI is InChI=1S/C12H13N5/c1-9-16-11(7-13)6-12(17-9)15-5-3-10-2-4-14-8-10/h2,4,6,8,14H,3,5H2,1H3,(H,15,16,17). The Labute approximate surface area is 99.5 Å². The first kappa shape index (κ1) is 11.1. The molecule has 2 aromatic rings. The van der Waals surface area contributed by atoms with Crippen LogP contribution in [0.25, 0.3) is 0 Å². The number of rotatable bonds is 4. The molecule has 0 atom stereocenters. The molecule has 86 valence electrons. The molecule has 0 unspecified atom stereocenters. The van der Waals surface area contributed by atoms with Gasteiger partial charge in [-0.25, -0.2) is 9.97 Å². The summed E-state index contributed by atoms with van der Waals surface area (Å²) in [6, 6.07) is 5.71. The van der Waals surface area contributed by atoms with E-state index in [0.29, 0.717) is 17.3 Å².